The van der Waals surface area contributed by atoms with Crippen LogP contribution in [-0.4, -0.2) is 15.2 Å². The Bertz CT molecular complexity index is 765. The fraction of sp³-hybridized carbons (Fsp3) is 0. The third-order valence-electron chi connectivity index (χ3n) is 2.73. The lowest BCUT2D eigenvalue weighted by Crippen LogP contribution is -2.02. The van der Waals surface area contributed by atoms with Gasteiger partial charge >= 0.3 is 0 Å². The Kier molecular flexibility index (Phi) is 3.66. The number of halogens is 1. The fourth-order valence-corrected chi connectivity index (χ4v) is 2.00. The minimum Gasteiger partial charge on any atom is -0.436 e. The second-order valence-electron chi connectivity index (χ2n) is 4.25. The SMILES string of the molecule is Nc1nnc(Oc2cccc(Cl)c2)c(-c2ccccc2)n1. The van der Waals surface area contributed by atoms with Crippen molar-refractivity contribution in [2.75, 3.05) is 5.73 Å². The molecule has 0 saturated heterocycles. The summed E-state index contributed by atoms with van der Waals surface area (Å²) >= 11 is 5.94. The van der Waals surface area contributed by atoms with Crippen molar-refractivity contribution in [1.29, 1.82) is 0 Å². The van der Waals surface area contributed by atoms with Crippen molar-refractivity contribution >= 4 is 17.5 Å². The van der Waals surface area contributed by atoms with Gasteiger partial charge in [-0.05, 0) is 18.2 Å². The fourth-order valence-electron chi connectivity index (χ4n) is 1.82. The molecule has 2 aromatic carbocycles. The molecule has 0 fully saturated rings. The van der Waals surface area contributed by atoms with Crippen molar-refractivity contribution in [3.8, 4) is 22.9 Å². The monoisotopic (exact) mass is 298 g/mol. The van der Waals surface area contributed by atoms with E-state index >= 15 is 0 Å². The van der Waals surface area contributed by atoms with Crippen molar-refractivity contribution in [2.45, 2.75) is 0 Å². The maximum atomic E-state index is 5.94. The van der Waals surface area contributed by atoms with Crippen LogP contribution >= 0.6 is 11.6 Å². The van der Waals surface area contributed by atoms with Gasteiger partial charge in [0.1, 0.15) is 11.4 Å². The van der Waals surface area contributed by atoms with Gasteiger partial charge in [-0.25, -0.2) is 4.98 Å². The highest BCUT2D eigenvalue weighted by molar-refractivity contribution is 6.30. The van der Waals surface area contributed by atoms with Gasteiger partial charge in [-0.1, -0.05) is 48.0 Å². The highest BCUT2D eigenvalue weighted by Gasteiger charge is 2.12. The number of hydrogen-bond acceptors (Lipinski definition) is 5. The lowest BCUT2D eigenvalue weighted by molar-refractivity contribution is 0.455. The standard InChI is InChI=1S/C15H11ClN4O/c16-11-7-4-8-12(9-11)21-14-13(18-15(17)20-19-14)10-5-2-1-3-6-10/h1-9H,(H2,17,18,20). The van der Waals surface area contributed by atoms with Gasteiger partial charge < -0.3 is 10.5 Å². The molecule has 0 aliphatic carbocycles. The van der Waals surface area contributed by atoms with Crippen molar-refractivity contribution < 1.29 is 4.74 Å². The van der Waals surface area contributed by atoms with Gasteiger partial charge in [0.05, 0.1) is 0 Å². The number of rotatable bonds is 3. The molecule has 0 bridgehead atoms. The number of anilines is 1. The average Bonchev–Trinajstić information content (AvgIpc) is 2.50. The molecule has 6 heteroatoms. The van der Waals surface area contributed by atoms with Gasteiger partial charge in [-0.15, -0.1) is 10.2 Å². The lowest BCUT2D eigenvalue weighted by Gasteiger charge is -2.09. The molecular formula is C15H11ClN4O. The van der Waals surface area contributed by atoms with Gasteiger partial charge in [-0.3, -0.25) is 0 Å². The van der Waals surface area contributed by atoms with Crippen LogP contribution in [0.15, 0.2) is 54.6 Å². The summed E-state index contributed by atoms with van der Waals surface area (Å²) in [4.78, 5) is 4.21. The predicted octanol–water partition coefficient (Wildman–Crippen LogP) is 3.57. The molecule has 1 heterocycles. The molecule has 0 saturated carbocycles. The van der Waals surface area contributed by atoms with Crippen LogP contribution in [0.25, 0.3) is 11.3 Å². The van der Waals surface area contributed by atoms with Gasteiger partial charge in [-0.2, -0.15) is 0 Å². The minimum atomic E-state index is 0.0901. The molecule has 1 aromatic heterocycles. The Balaban J connectivity index is 2.03. The molecule has 5 nitrogen and oxygen atoms in total. The molecule has 0 spiro atoms. The van der Waals surface area contributed by atoms with Crippen LogP contribution in [0.2, 0.25) is 5.02 Å². The second-order valence-corrected chi connectivity index (χ2v) is 4.69. The van der Waals surface area contributed by atoms with E-state index in [1.165, 1.54) is 0 Å². The zero-order chi connectivity index (χ0) is 14.7. The van der Waals surface area contributed by atoms with Crippen molar-refractivity contribution in [3.63, 3.8) is 0 Å². The molecule has 0 atom stereocenters. The molecule has 0 radical (unpaired) electrons. The lowest BCUT2D eigenvalue weighted by atomic mass is 10.1. The van der Waals surface area contributed by atoms with Gasteiger partial charge in [0.15, 0.2) is 0 Å². The highest BCUT2D eigenvalue weighted by atomic mass is 35.5. The topological polar surface area (TPSA) is 73.9 Å². The molecular weight excluding hydrogens is 288 g/mol. The third kappa shape index (κ3) is 3.09. The normalized spacial score (nSPS) is 10.3. The van der Waals surface area contributed by atoms with Crippen LogP contribution in [0.4, 0.5) is 5.95 Å². The van der Waals surface area contributed by atoms with Crippen LogP contribution < -0.4 is 10.5 Å². The van der Waals surface area contributed by atoms with Crippen molar-refractivity contribution in [2.24, 2.45) is 0 Å². The quantitative estimate of drug-likeness (QED) is 0.800. The van der Waals surface area contributed by atoms with Crippen LogP contribution in [0.1, 0.15) is 0 Å². The van der Waals surface area contributed by atoms with E-state index in [0.717, 1.165) is 5.56 Å². The minimum absolute atomic E-state index is 0.0901. The number of nitrogen functional groups attached to an aromatic ring is 1. The van der Waals surface area contributed by atoms with Gasteiger partial charge in [0, 0.05) is 10.6 Å². The van der Waals surface area contributed by atoms with E-state index in [1.54, 1.807) is 24.3 Å². The number of hydrogen-bond donors (Lipinski definition) is 1. The predicted molar refractivity (Wildman–Crippen MR) is 81.2 cm³/mol. The summed E-state index contributed by atoms with van der Waals surface area (Å²) in [7, 11) is 0. The summed E-state index contributed by atoms with van der Waals surface area (Å²) in [6.45, 7) is 0. The van der Waals surface area contributed by atoms with Crippen LogP contribution in [0.3, 0.4) is 0 Å². The summed E-state index contributed by atoms with van der Waals surface area (Å²) < 4.78 is 5.72. The van der Waals surface area contributed by atoms with E-state index in [9.17, 15) is 0 Å². The summed E-state index contributed by atoms with van der Waals surface area (Å²) in [6.07, 6.45) is 0. The molecule has 0 amide bonds. The van der Waals surface area contributed by atoms with E-state index in [1.807, 2.05) is 30.3 Å². The first-order chi connectivity index (χ1) is 10.2. The highest BCUT2D eigenvalue weighted by Crippen LogP contribution is 2.30. The molecule has 104 valence electrons. The van der Waals surface area contributed by atoms with Gasteiger partial charge in [0.25, 0.3) is 5.88 Å². The Hall–Kier alpha value is -2.66. The Morgan fingerprint density at radius 2 is 1.76 bits per heavy atom. The smallest absolute Gasteiger partial charge is 0.265 e. The number of aromatic nitrogens is 3. The molecule has 21 heavy (non-hydrogen) atoms. The van der Waals surface area contributed by atoms with E-state index in [2.05, 4.69) is 15.2 Å². The van der Waals surface area contributed by atoms with Crippen LogP contribution in [0, 0.1) is 0 Å². The first-order valence-corrected chi connectivity index (χ1v) is 6.59. The van der Waals surface area contributed by atoms with E-state index in [-0.39, 0.29) is 11.8 Å². The van der Waals surface area contributed by atoms with Crippen LogP contribution in [-0.2, 0) is 0 Å². The first kappa shape index (κ1) is 13.3. The van der Waals surface area contributed by atoms with Crippen LogP contribution in [0.5, 0.6) is 11.6 Å². The van der Waals surface area contributed by atoms with Gasteiger partial charge in [0.2, 0.25) is 5.95 Å². The number of ether oxygens (including phenoxy) is 1. The summed E-state index contributed by atoms with van der Waals surface area (Å²) in [6, 6.07) is 16.5. The number of nitrogens with zero attached hydrogens (tertiary/aromatic N) is 3. The first-order valence-electron chi connectivity index (χ1n) is 6.21. The van der Waals surface area contributed by atoms with E-state index in [0.29, 0.717) is 16.5 Å². The molecule has 2 N–H and O–H groups in total. The maximum absolute atomic E-state index is 5.94. The number of nitrogens with two attached hydrogens (primary N) is 1. The van der Waals surface area contributed by atoms with Crippen molar-refractivity contribution in [3.05, 3.63) is 59.6 Å². The molecule has 3 aromatic rings. The number of benzene rings is 2. The zero-order valence-electron chi connectivity index (χ0n) is 10.9. The summed E-state index contributed by atoms with van der Waals surface area (Å²) in [5, 5.41) is 8.29. The third-order valence-corrected chi connectivity index (χ3v) is 2.97. The average molecular weight is 299 g/mol. The maximum Gasteiger partial charge on any atom is 0.265 e. The van der Waals surface area contributed by atoms with Crippen molar-refractivity contribution in [1.82, 2.24) is 15.2 Å². The Morgan fingerprint density at radius 3 is 2.52 bits per heavy atom. The molecule has 0 aliphatic heterocycles. The Labute approximate surface area is 126 Å². The Morgan fingerprint density at radius 1 is 0.952 bits per heavy atom. The second kappa shape index (κ2) is 5.76. The molecule has 3 rings (SSSR count). The summed E-state index contributed by atoms with van der Waals surface area (Å²) in [5.74, 6) is 0.922. The zero-order valence-corrected chi connectivity index (χ0v) is 11.7. The largest absolute Gasteiger partial charge is 0.436 e. The van der Waals surface area contributed by atoms with E-state index in [4.69, 9.17) is 22.1 Å². The van der Waals surface area contributed by atoms with E-state index < -0.39 is 0 Å². The molecule has 0 aliphatic rings. The molecule has 0 unspecified atom stereocenters. The summed E-state index contributed by atoms with van der Waals surface area (Å²) in [5.41, 5.74) is 7.00.